The fraction of sp³-hybridized carbons (Fsp3) is 0.500. The molecule has 4 N–H and O–H groups in total. The number of carbonyl (C=O) groups excluding carboxylic acids is 2. The fourth-order valence-electron chi connectivity index (χ4n) is 3.16. The van der Waals surface area contributed by atoms with Gasteiger partial charge in [0.05, 0.1) is 6.10 Å². The van der Waals surface area contributed by atoms with Crippen LogP contribution in [0.5, 0.6) is 5.75 Å². The summed E-state index contributed by atoms with van der Waals surface area (Å²) in [5.41, 5.74) is 3.13. The largest absolute Gasteiger partial charge is 0.484 e. The Balaban J connectivity index is 2.12. The minimum atomic E-state index is -1.40. The summed E-state index contributed by atoms with van der Waals surface area (Å²) in [7, 11) is 0. The highest BCUT2D eigenvalue weighted by atomic mass is 16.5. The van der Waals surface area contributed by atoms with Gasteiger partial charge in [0.25, 0.3) is 11.8 Å². The molecule has 0 bridgehead atoms. The van der Waals surface area contributed by atoms with Gasteiger partial charge in [0.15, 0.2) is 6.61 Å². The van der Waals surface area contributed by atoms with Crippen molar-refractivity contribution in [2.75, 3.05) is 13.2 Å². The number of nitrogens with one attached hydrogen (secondary N) is 1. The molecule has 1 aromatic rings. The van der Waals surface area contributed by atoms with Crippen molar-refractivity contribution in [3.05, 3.63) is 29.8 Å². The molecule has 26 heavy (non-hydrogen) atoms. The highest BCUT2D eigenvalue weighted by Crippen LogP contribution is 2.51. The van der Waals surface area contributed by atoms with E-state index in [1.807, 2.05) is 6.92 Å². The zero-order valence-corrected chi connectivity index (χ0v) is 15.1. The number of amides is 2. The molecule has 0 radical (unpaired) electrons. The first-order valence-corrected chi connectivity index (χ1v) is 8.32. The van der Waals surface area contributed by atoms with Crippen LogP contribution in [0.3, 0.4) is 0 Å². The Kier molecular flexibility index (Phi) is 5.56. The van der Waals surface area contributed by atoms with E-state index in [2.05, 4.69) is 5.32 Å². The average molecular weight is 364 g/mol. The topological polar surface area (TPSA) is 128 Å². The van der Waals surface area contributed by atoms with Crippen molar-refractivity contribution in [1.29, 1.82) is 0 Å². The van der Waals surface area contributed by atoms with Crippen LogP contribution in [0.4, 0.5) is 0 Å². The summed E-state index contributed by atoms with van der Waals surface area (Å²) < 4.78 is 10.7. The molecule has 1 saturated carbocycles. The standard InChI is InChI=1S/C18H24N2O6/c1-4-25-13-9-18(16(23)24,17(13,2)3)20-15(22)11-5-7-12(8-6-11)26-10-14(19)21/h5-8,13H,4,9-10H2,1-3H3,(H2,19,21)(H,20,22)(H,23,24). The molecule has 1 aromatic carbocycles. The van der Waals surface area contributed by atoms with E-state index in [1.54, 1.807) is 13.8 Å². The summed E-state index contributed by atoms with van der Waals surface area (Å²) in [5, 5.41) is 12.4. The molecule has 142 valence electrons. The number of hydrogen-bond donors (Lipinski definition) is 3. The molecule has 1 aliphatic rings. The van der Waals surface area contributed by atoms with Crippen LogP contribution < -0.4 is 15.8 Å². The normalized spacial score (nSPS) is 23.6. The number of aliphatic carboxylic acids is 1. The Labute approximate surface area is 151 Å². The second-order valence-corrected chi connectivity index (χ2v) is 6.81. The van der Waals surface area contributed by atoms with Crippen molar-refractivity contribution in [2.24, 2.45) is 11.1 Å². The first-order valence-electron chi connectivity index (χ1n) is 8.32. The van der Waals surface area contributed by atoms with Crippen LogP contribution in [0.15, 0.2) is 24.3 Å². The Morgan fingerprint density at radius 2 is 1.88 bits per heavy atom. The van der Waals surface area contributed by atoms with Crippen LogP contribution in [-0.2, 0) is 14.3 Å². The molecule has 0 aromatic heterocycles. The van der Waals surface area contributed by atoms with Crippen molar-refractivity contribution in [3.63, 3.8) is 0 Å². The summed E-state index contributed by atoms with van der Waals surface area (Å²) in [4.78, 5) is 35.2. The first-order chi connectivity index (χ1) is 12.1. The van der Waals surface area contributed by atoms with Gasteiger partial charge in [0, 0.05) is 24.0 Å². The molecule has 1 aliphatic carbocycles. The van der Waals surface area contributed by atoms with E-state index < -0.39 is 28.7 Å². The lowest BCUT2D eigenvalue weighted by Gasteiger charge is -2.58. The number of benzene rings is 1. The summed E-state index contributed by atoms with van der Waals surface area (Å²) >= 11 is 0. The van der Waals surface area contributed by atoms with Crippen molar-refractivity contribution in [1.82, 2.24) is 5.32 Å². The number of rotatable bonds is 8. The van der Waals surface area contributed by atoms with Gasteiger partial charge in [-0.1, -0.05) is 13.8 Å². The third-order valence-corrected chi connectivity index (χ3v) is 4.95. The van der Waals surface area contributed by atoms with Gasteiger partial charge in [0.2, 0.25) is 0 Å². The van der Waals surface area contributed by atoms with Crippen LogP contribution >= 0.6 is 0 Å². The van der Waals surface area contributed by atoms with E-state index in [1.165, 1.54) is 24.3 Å². The van der Waals surface area contributed by atoms with E-state index >= 15 is 0 Å². The van der Waals surface area contributed by atoms with Crippen molar-refractivity contribution >= 4 is 17.8 Å². The van der Waals surface area contributed by atoms with Crippen molar-refractivity contribution in [3.8, 4) is 5.75 Å². The Hall–Kier alpha value is -2.61. The lowest BCUT2D eigenvalue weighted by atomic mass is 9.54. The van der Waals surface area contributed by atoms with E-state index in [9.17, 15) is 19.5 Å². The second-order valence-electron chi connectivity index (χ2n) is 6.81. The Morgan fingerprint density at radius 1 is 1.27 bits per heavy atom. The molecule has 2 atom stereocenters. The first kappa shape index (κ1) is 19.7. The smallest absolute Gasteiger partial charge is 0.330 e. The van der Waals surface area contributed by atoms with Crippen molar-refractivity contribution < 1.29 is 29.0 Å². The quantitative estimate of drug-likeness (QED) is 0.630. The summed E-state index contributed by atoms with van der Waals surface area (Å²) in [6.07, 6.45) is -0.0391. The van der Waals surface area contributed by atoms with Crippen LogP contribution in [-0.4, -0.2) is 47.7 Å². The van der Waals surface area contributed by atoms with Gasteiger partial charge in [-0.2, -0.15) is 0 Å². The highest BCUT2D eigenvalue weighted by molar-refractivity contribution is 5.98. The Morgan fingerprint density at radius 3 is 2.35 bits per heavy atom. The van der Waals surface area contributed by atoms with Gasteiger partial charge >= 0.3 is 5.97 Å². The zero-order chi connectivity index (χ0) is 19.5. The molecular weight excluding hydrogens is 340 g/mol. The SMILES string of the molecule is CCOC1CC(NC(=O)c2ccc(OCC(N)=O)cc2)(C(=O)O)C1(C)C. The molecule has 0 heterocycles. The number of carbonyl (C=O) groups is 3. The number of carboxylic acid groups (broad SMARTS) is 1. The van der Waals surface area contributed by atoms with Crippen LogP contribution in [0.2, 0.25) is 0 Å². The highest BCUT2D eigenvalue weighted by Gasteiger charge is 2.66. The van der Waals surface area contributed by atoms with Gasteiger partial charge in [-0.25, -0.2) is 4.79 Å². The molecule has 1 fully saturated rings. The van der Waals surface area contributed by atoms with Gasteiger partial charge in [-0.05, 0) is 31.2 Å². The minimum absolute atomic E-state index is 0.203. The predicted octanol–water partition coefficient (Wildman–Crippen LogP) is 0.939. The van der Waals surface area contributed by atoms with E-state index in [0.29, 0.717) is 12.4 Å². The van der Waals surface area contributed by atoms with Crippen molar-refractivity contribution in [2.45, 2.75) is 38.8 Å². The van der Waals surface area contributed by atoms with Gasteiger partial charge < -0.3 is 25.6 Å². The Bertz CT molecular complexity index is 700. The molecule has 0 spiro atoms. The van der Waals surface area contributed by atoms with E-state index in [0.717, 1.165) is 0 Å². The fourth-order valence-corrected chi connectivity index (χ4v) is 3.16. The number of nitrogens with two attached hydrogens (primary N) is 1. The maximum atomic E-state index is 12.6. The van der Waals surface area contributed by atoms with E-state index in [4.69, 9.17) is 15.2 Å². The third kappa shape index (κ3) is 3.50. The molecule has 8 heteroatoms. The number of hydrogen-bond acceptors (Lipinski definition) is 5. The summed E-state index contributed by atoms with van der Waals surface area (Å²) in [5.74, 6) is -1.81. The van der Waals surface area contributed by atoms with Crippen LogP contribution in [0, 0.1) is 5.41 Å². The second kappa shape index (κ2) is 7.33. The van der Waals surface area contributed by atoms with Gasteiger partial charge in [0.1, 0.15) is 11.3 Å². The van der Waals surface area contributed by atoms with Crippen LogP contribution in [0.1, 0.15) is 37.6 Å². The summed E-state index contributed by atoms with van der Waals surface area (Å²) in [6.45, 7) is 5.60. The molecule has 2 amide bonds. The van der Waals surface area contributed by atoms with Gasteiger partial charge in [-0.3, -0.25) is 9.59 Å². The van der Waals surface area contributed by atoms with E-state index in [-0.39, 0.29) is 24.7 Å². The van der Waals surface area contributed by atoms with Gasteiger partial charge in [-0.15, -0.1) is 0 Å². The number of primary amides is 1. The monoisotopic (exact) mass is 364 g/mol. The zero-order valence-electron chi connectivity index (χ0n) is 15.1. The molecule has 2 unspecified atom stereocenters. The molecule has 0 aliphatic heterocycles. The maximum absolute atomic E-state index is 12.6. The molecule has 0 saturated heterocycles. The molecule has 2 rings (SSSR count). The average Bonchev–Trinajstić information content (AvgIpc) is 2.58. The maximum Gasteiger partial charge on any atom is 0.330 e. The summed E-state index contributed by atoms with van der Waals surface area (Å²) in [6, 6.07) is 6.01. The van der Waals surface area contributed by atoms with Crippen LogP contribution in [0.25, 0.3) is 0 Å². The lowest BCUT2D eigenvalue weighted by Crippen LogP contribution is -2.76. The number of ether oxygens (including phenoxy) is 2. The third-order valence-electron chi connectivity index (χ3n) is 4.95. The molecular formula is C18H24N2O6. The molecule has 8 nitrogen and oxygen atoms in total. The lowest BCUT2D eigenvalue weighted by molar-refractivity contribution is -0.190. The predicted molar refractivity (Wildman–Crippen MR) is 92.8 cm³/mol. The minimum Gasteiger partial charge on any atom is -0.484 e. The number of carboxylic acids is 1.